The van der Waals surface area contributed by atoms with Crippen molar-refractivity contribution in [3.8, 4) is 5.75 Å². The first-order chi connectivity index (χ1) is 9.58. The number of hydrogen-bond acceptors (Lipinski definition) is 2. The molecule has 0 saturated carbocycles. The van der Waals surface area contributed by atoms with Gasteiger partial charge in [0, 0.05) is 15.5 Å². The van der Waals surface area contributed by atoms with Crippen molar-refractivity contribution in [3.63, 3.8) is 0 Å². The topological polar surface area (TPSA) is 35.2 Å². The molecular weight excluding hydrogens is 338 g/mol. The maximum Gasteiger partial charge on any atom is 0.122 e. The third-order valence-corrected chi connectivity index (χ3v) is 3.84. The lowest BCUT2D eigenvalue weighted by Gasteiger charge is -2.15. The maximum atomic E-state index is 6.25. The molecule has 2 nitrogen and oxygen atoms in total. The average molecular weight is 355 g/mol. The molecule has 0 bridgehead atoms. The van der Waals surface area contributed by atoms with Crippen LogP contribution < -0.4 is 10.5 Å². The van der Waals surface area contributed by atoms with E-state index >= 15 is 0 Å². The molecule has 2 aromatic rings. The fourth-order valence-electron chi connectivity index (χ4n) is 2.23. The van der Waals surface area contributed by atoms with Crippen LogP contribution in [0.3, 0.4) is 0 Å². The van der Waals surface area contributed by atoms with E-state index in [9.17, 15) is 0 Å². The van der Waals surface area contributed by atoms with E-state index in [1.165, 1.54) is 5.56 Å². The Bertz CT molecular complexity index is 588. The third-order valence-electron chi connectivity index (χ3n) is 3.11. The largest absolute Gasteiger partial charge is 0.496 e. The molecule has 2 rings (SSSR count). The molecule has 0 aliphatic rings. The minimum Gasteiger partial charge on any atom is -0.496 e. The molecule has 1 unspecified atom stereocenters. The molecule has 1 atom stereocenters. The van der Waals surface area contributed by atoms with E-state index in [1.807, 2.05) is 30.3 Å². The maximum absolute atomic E-state index is 6.25. The van der Waals surface area contributed by atoms with Gasteiger partial charge in [0.1, 0.15) is 5.75 Å². The number of hydrogen-bond donors (Lipinski definition) is 1. The zero-order chi connectivity index (χ0) is 14.5. The lowest BCUT2D eigenvalue weighted by molar-refractivity contribution is 0.408. The van der Waals surface area contributed by atoms with Crippen LogP contribution in [0, 0.1) is 0 Å². The molecule has 4 heteroatoms. The predicted octanol–water partition coefficient (Wildman–Crippen LogP) is 4.22. The molecule has 0 spiro atoms. The number of nitrogens with two attached hydrogens (primary N) is 1. The van der Waals surface area contributed by atoms with Crippen molar-refractivity contribution >= 4 is 27.5 Å². The molecule has 0 saturated heterocycles. The van der Waals surface area contributed by atoms with E-state index < -0.39 is 0 Å². The van der Waals surface area contributed by atoms with Crippen molar-refractivity contribution < 1.29 is 4.74 Å². The fraction of sp³-hybridized carbons (Fsp3) is 0.250. The van der Waals surface area contributed by atoms with Crippen molar-refractivity contribution in [2.45, 2.75) is 18.9 Å². The summed E-state index contributed by atoms with van der Waals surface area (Å²) in [4.78, 5) is 0. The molecule has 2 aromatic carbocycles. The second kappa shape index (κ2) is 7.11. The Kier molecular flexibility index (Phi) is 5.46. The summed E-state index contributed by atoms with van der Waals surface area (Å²) in [5.74, 6) is 0.832. The van der Waals surface area contributed by atoms with Crippen LogP contribution in [-0.4, -0.2) is 13.2 Å². The van der Waals surface area contributed by atoms with Gasteiger partial charge in [-0.3, -0.25) is 0 Å². The van der Waals surface area contributed by atoms with Gasteiger partial charge in [-0.25, -0.2) is 0 Å². The Morgan fingerprint density at radius 2 is 2.00 bits per heavy atom. The third kappa shape index (κ3) is 4.23. The van der Waals surface area contributed by atoms with Crippen LogP contribution in [0.2, 0.25) is 5.02 Å². The SMILES string of the molecule is COc1ccc(Cl)cc1CC(N)Cc1cccc(Br)c1. The second-order valence-electron chi connectivity index (χ2n) is 4.75. The molecule has 106 valence electrons. The highest BCUT2D eigenvalue weighted by molar-refractivity contribution is 9.10. The zero-order valence-corrected chi connectivity index (χ0v) is 13.6. The van der Waals surface area contributed by atoms with E-state index in [0.29, 0.717) is 5.02 Å². The molecule has 20 heavy (non-hydrogen) atoms. The molecular formula is C16H17BrClNO. The summed E-state index contributed by atoms with van der Waals surface area (Å²) in [7, 11) is 1.66. The Labute approximate surface area is 133 Å². The second-order valence-corrected chi connectivity index (χ2v) is 6.11. The van der Waals surface area contributed by atoms with Gasteiger partial charge in [-0.15, -0.1) is 0 Å². The molecule has 0 aliphatic heterocycles. The molecule has 0 amide bonds. The van der Waals surface area contributed by atoms with Crippen molar-refractivity contribution in [3.05, 3.63) is 63.1 Å². The normalized spacial score (nSPS) is 12.2. The van der Waals surface area contributed by atoms with Gasteiger partial charge in [-0.2, -0.15) is 0 Å². The molecule has 0 heterocycles. The Morgan fingerprint density at radius 3 is 2.70 bits per heavy atom. The summed E-state index contributed by atoms with van der Waals surface area (Å²) in [5.41, 5.74) is 8.51. The highest BCUT2D eigenvalue weighted by atomic mass is 79.9. The average Bonchev–Trinajstić information content (AvgIpc) is 2.38. The van der Waals surface area contributed by atoms with E-state index in [2.05, 4.69) is 28.1 Å². The first-order valence-electron chi connectivity index (χ1n) is 6.41. The van der Waals surface area contributed by atoms with Crippen molar-refractivity contribution in [2.75, 3.05) is 7.11 Å². The Morgan fingerprint density at radius 1 is 1.20 bits per heavy atom. The standard InChI is InChI=1S/C16H17BrClNO/c1-20-16-6-5-14(18)9-12(16)10-15(19)8-11-3-2-4-13(17)7-11/h2-7,9,15H,8,10,19H2,1H3. The van der Waals surface area contributed by atoms with Crippen molar-refractivity contribution in [1.29, 1.82) is 0 Å². The van der Waals surface area contributed by atoms with Crippen molar-refractivity contribution in [1.82, 2.24) is 0 Å². The summed E-state index contributed by atoms with van der Waals surface area (Å²) in [6.07, 6.45) is 1.55. The first-order valence-corrected chi connectivity index (χ1v) is 7.58. The highest BCUT2D eigenvalue weighted by Gasteiger charge is 2.10. The zero-order valence-electron chi connectivity index (χ0n) is 11.3. The summed E-state index contributed by atoms with van der Waals surface area (Å²) in [6.45, 7) is 0. The van der Waals surface area contributed by atoms with Gasteiger partial charge in [0.15, 0.2) is 0 Å². The van der Waals surface area contributed by atoms with Gasteiger partial charge in [-0.1, -0.05) is 39.7 Å². The van der Waals surface area contributed by atoms with Gasteiger partial charge in [-0.05, 0) is 54.3 Å². The minimum absolute atomic E-state index is 0.0247. The molecule has 0 aromatic heterocycles. The minimum atomic E-state index is 0.0247. The lowest BCUT2D eigenvalue weighted by atomic mass is 9.99. The highest BCUT2D eigenvalue weighted by Crippen LogP contribution is 2.24. The van der Waals surface area contributed by atoms with Crippen LogP contribution in [0.15, 0.2) is 46.9 Å². The number of halogens is 2. The number of methoxy groups -OCH3 is 1. The summed E-state index contributed by atoms with van der Waals surface area (Å²) >= 11 is 9.51. The summed E-state index contributed by atoms with van der Waals surface area (Å²) in [5, 5.41) is 0.704. The van der Waals surface area contributed by atoms with Gasteiger partial charge in [0.05, 0.1) is 7.11 Å². The van der Waals surface area contributed by atoms with Gasteiger partial charge < -0.3 is 10.5 Å². The molecule has 0 aliphatic carbocycles. The first kappa shape index (κ1) is 15.4. The van der Waals surface area contributed by atoms with E-state index in [1.54, 1.807) is 7.11 Å². The fourth-order valence-corrected chi connectivity index (χ4v) is 2.87. The van der Waals surface area contributed by atoms with E-state index in [-0.39, 0.29) is 6.04 Å². The van der Waals surface area contributed by atoms with Gasteiger partial charge >= 0.3 is 0 Å². The van der Waals surface area contributed by atoms with Crippen LogP contribution in [-0.2, 0) is 12.8 Å². The molecule has 2 N–H and O–H groups in total. The van der Waals surface area contributed by atoms with Crippen LogP contribution >= 0.6 is 27.5 Å². The quantitative estimate of drug-likeness (QED) is 0.872. The van der Waals surface area contributed by atoms with Gasteiger partial charge in [0.2, 0.25) is 0 Å². The Balaban J connectivity index is 2.08. The van der Waals surface area contributed by atoms with Crippen LogP contribution in [0.25, 0.3) is 0 Å². The molecule has 0 fully saturated rings. The van der Waals surface area contributed by atoms with E-state index in [0.717, 1.165) is 28.6 Å². The number of benzene rings is 2. The lowest BCUT2D eigenvalue weighted by Crippen LogP contribution is -2.25. The van der Waals surface area contributed by atoms with E-state index in [4.69, 9.17) is 22.1 Å². The van der Waals surface area contributed by atoms with Crippen LogP contribution in [0.4, 0.5) is 0 Å². The number of rotatable bonds is 5. The molecule has 0 radical (unpaired) electrons. The number of ether oxygens (including phenoxy) is 1. The monoisotopic (exact) mass is 353 g/mol. The predicted molar refractivity (Wildman–Crippen MR) is 87.5 cm³/mol. The summed E-state index contributed by atoms with van der Waals surface area (Å²) < 4.78 is 6.42. The van der Waals surface area contributed by atoms with Crippen molar-refractivity contribution in [2.24, 2.45) is 5.73 Å². The Hall–Kier alpha value is -1.03. The summed E-state index contributed by atoms with van der Waals surface area (Å²) in [6, 6.07) is 13.8. The van der Waals surface area contributed by atoms with Crippen LogP contribution in [0.1, 0.15) is 11.1 Å². The smallest absolute Gasteiger partial charge is 0.122 e. The van der Waals surface area contributed by atoms with Crippen LogP contribution in [0.5, 0.6) is 5.75 Å². The van der Waals surface area contributed by atoms with Gasteiger partial charge in [0.25, 0.3) is 0 Å².